The molecule has 1 atom stereocenters. The second-order valence-corrected chi connectivity index (χ2v) is 16.8. The van der Waals surface area contributed by atoms with Gasteiger partial charge in [0, 0.05) is 47.1 Å². The monoisotopic (exact) mass is 610 g/mol. The minimum Gasteiger partial charge on any atom is -0.489 e. The fourth-order valence-corrected chi connectivity index (χ4v) is 4.88. The second kappa shape index (κ2) is 14.6. The molecule has 2 aromatic rings. The summed E-state index contributed by atoms with van der Waals surface area (Å²) in [5.74, 6) is -0.0484. The SMILES string of the molecule is CC(CC(=O)N1CCN(c2ccc(C#N)cn2)CC1)OCCOc1cnn(COCC[Si](C)(C)C)c(=O)c1C(F)(F)F. The number of hydrogen-bond donors (Lipinski definition) is 0. The van der Waals surface area contributed by atoms with Gasteiger partial charge in [0.15, 0.2) is 11.3 Å². The first-order valence-electron chi connectivity index (χ1n) is 13.7. The molecule has 1 unspecified atom stereocenters. The zero-order chi connectivity index (χ0) is 30.9. The van der Waals surface area contributed by atoms with Gasteiger partial charge >= 0.3 is 6.18 Å². The average Bonchev–Trinajstić information content (AvgIpc) is 2.93. The smallest absolute Gasteiger partial charge is 0.425 e. The molecule has 1 fully saturated rings. The number of carbonyl (C=O) groups excluding carboxylic acids is 1. The number of carbonyl (C=O) groups is 1. The molecule has 0 aromatic carbocycles. The van der Waals surface area contributed by atoms with E-state index in [4.69, 9.17) is 19.5 Å². The lowest BCUT2D eigenvalue weighted by Gasteiger charge is -2.35. The van der Waals surface area contributed by atoms with Crippen LogP contribution in [0.5, 0.6) is 5.75 Å². The van der Waals surface area contributed by atoms with Crippen molar-refractivity contribution < 1.29 is 32.2 Å². The summed E-state index contributed by atoms with van der Waals surface area (Å²) >= 11 is 0. The van der Waals surface area contributed by atoms with Crippen molar-refractivity contribution in [2.75, 3.05) is 50.9 Å². The summed E-state index contributed by atoms with van der Waals surface area (Å²) in [6.45, 7) is 9.86. The van der Waals surface area contributed by atoms with Crippen molar-refractivity contribution in [2.24, 2.45) is 0 Å². The number of rotatable bonds is 13. The standard InChI is InChI=1S/C27H37F3N6O5Si/c1-20(15-24(37)35-9-7-34(8-10-35)23-6-5-21(16-31)17-32-23)40-11-12-41-22-18-33-36(19-39-13-14-42(2,3)4)26(38)25(22)27(28,29)30/h5-6,17-18,20H,7-15,19H2,1-4H3. The van der Waals surface area contributed by atoms with Crippen molar-refractivity contribution in [1.82, 2.24) is 19.7 Å². The summed E-state index contributed by atoms with van der Waals surface area (Å²) in [7, 11) is -1.40. The quantitative estimate of drug-likeness (QED) is 0.248. The van der Waals surface area contributed by atoms with Gasteiger partial charge in [-0.2, -0.15) is 23.5 Å². The molecule has 0 aliphatic carbocycles. The molecule has 42 heavy (non-hydrogen) atoms. The predicted octanol–water partition coefficient (Wildman–Crippen LogP) is 3.36. The van der Waals surface area contributed by atoms with E-state index < -0.39 is 37.2 Å². The number of nitrogens with zero attached hydrogens (tertiary/aromatic N) is 6. The number of hydrogen-bond acceptors (Lipinski definition) is 9. The molecule has 0 radical (unpaired) electrons. The molecule has 0 spiro atoms. The molecule has 0 N–H and O–H groups in total. The topological polar surface area (TPSA) is 123 Å². The molecule has 230 valence electrons. The Morgan fingerprint density at radius 2 is 1.83 bits per heavy atom. The lowest BCUT2D eigenvalue weighted by atomic mass is 10.2. The molecule has 0 bridgehead atoms. The van der Waals surface area contributed by atoms with Crippen molar-refractivity contribution in [3.8, 4) is 11.8 Å². The highest BCUT2D eigenvalue weighted by Crippen LogP contribution is 2.33. The number of halogens is 3. The molecule has 1 aliphatic rings. The predicted molar refractivity (Wildman–Crippen MR) is 151 cm³/mol. The zero-order valence-electron chi connectivity index (χ0n) is 24.3. The van der Waals surface area contributed by atoms with E-state index in [9.17, 15) is 22.8 Å². The van der Waals surface area contributed by atoms with Crippen LogP contribution in [0.25, 0.3) is 0 Å². The largest absolute Gasteiger partial charge is 0.489 e. The van der Waals surface area contributed by atoms with E-state index in [2.05, 4.69) is 29.7 Å². The number of amides is 1. The molecule has 11 nitrogen and oxygen atoms in total. The van der Waals surface area contributed by atoms with Crippen molar-refractivity contribution in [3.63, 3.8) is 0 Å². The Bertz CT molecular complexity index is 1290. The Morgan fingerprint density at radius 1 is 1.12 bits per heavy atom. The Hall–Kier alpha value is -3.48. The summed E-state index contributed by atoms with van der Waals surface area (Å²) in [4.78, 5) is 33.3. The highest BCUT2D eigenvalue weighted by molar-refractivity contribution is 6.76. The van der Waals surface area contributed by atoms with Crippen LogP contribution in [0.3, 0.4) is 0 Å². The van der Waals surface area contributed by atoms with Crippen LogP contribution in [0.1, 0.15) is 24.5 Å². The average molecular weight is 611 g/mol. The van der Waals surface area contributed by atoms with Gasteiger partial charge in [-0.1, -0.05) is 19.6 Å². The maximum Gasteiger partial charge on any atom is 0.425 e. The number of ether oxygens (including phenoxy) is 3. The third-order valence-electron chi connectivity index (χ3n) is 6.54. The van der Waals surface area contributed by atoms with E-state index in [0.29, 0.717) is 43.0 Å². The van der Waals surface area contributed by atoms with Crippen LogP contribution >= 0.6 is 0 Å². The molecule has 3 rings (SSSR count). The Labute approximate surface area is 243 Å². The second-order valence-electron chi connectivity index (χ2n) is 11.2. The molecule has 1 saturated heterocycles. The van der Waals surface area contributed by atoms with Gasteiger partial charge in [-0.05, 0) is 25.1 Å². The van der Waals surface area contributed by atoms with Gasteiger partial charge in [0.25, 0.3) is 5.56 Å². The van der Waals surface area contributed by atoms with Crippen molar-refractivity contribution in [1.29, 1.82) is 5.26 Å². The first-order chi connectivity index (χ1) is 19.8. The maximum atomic E-state index is 13.7. The molecule has 1 amide bonds. The van der Waals surface area contributed by atoms with Crippen LogP contribution in [-0.4, -0.2) is 85.7 Å². The molecule has 3 heterocycles. The molecule has 15 heteroatoms. The highest BCUT2D eigenvalue weighted by Gasteiger charge is 2.39. The van der Waals surface area contributed by atoms with Crippen LogP contribution in [0.15, 0.2) is 29.3 Å². The van der Waals surface area contributed by atoms with Gasteiger partial charge in [0.05, 0.1) is 30.9 Å². The number of alkyl halides is 3. The molecule has 0 saturated carbocycles. The van der Waals surface area contributed by atoms with Gasteiger partial charge in [-0.3, -0.25) is 9.59 Å². The van der Waals surface area contributed by atoms with Crippen molar-refractivity contribution in [2.45, 2.75) is 58.0 Å². The van der Waals surface area contributed by atoms with Crippen LogP contribution < -0.4 is 15.2 Å². The summed E-state index contributed by atoms with van der Waals surface area (Å²) < 4.78 is 57.9. The van der Waals surface area contributed by atoms with Gasteiger partial charge in [0.2, 0.25) is 5.91 Å². The zero-order valence-corrected chi connectivity index (χ0v) is 25.3. The van der Waals surface area contributed by atoms with Gasteiger partial charge in [-0.15, -0.1) is 0 Å². The minimum atomic E-state index is -4.95. The lowest BCUT2D eigenvalue weighted by Crippen LogP contribution is -2.49. The Kier molecular flexibility index (Phi) is 11.5. The number of aromatic nitrogens is 3. The normalized spacial score (nSPS) is 14.9. The van der Waals surface area contributed by atoms with E-state index in [1.54, 1.807) is 24.0 Å². The van der Waals surface area contributed by atoms with Crippen molar-refractivity contribution in [3.05, 3.63) is 46.0 Å². The van der Waals surface area contributed by atoms with Crippen LogP contribution in [0.4, 0.5) is 19.0 Å². The summed E-state index contributed by atoms with van der Waals surface area (Å²) in [5, 5.41) is 12.7. The number of piperazine rings is 1. The molecule has 1 aliphatic heterocycles. The number of anilines is 1. The van der Waals surface area contributed by atoms with Crippen LogP contribution in [0, 0.1) is 11.3 Å². The van der Waals surface area contributed by atoms with Gasteiger partial charge in [0.1, 0.15) is 25.2 Å². The third kappa shape index (κ3) is 9.81. The first-order valence-corrected chi connectivity index (χ1v) is 17.4. The summed E-state index contributed by atoms with van der Waals surface area (Å²) in [6, 6.07) is 6.30. The van der Waals surface area contributed by atoms with Crippen LogP contribution in [0.2, 0.25) is 25.7 Å². The van der Waals surface area contributed by atoms with E-state index in [1.807, 2.05) is 11.0 Å². The van der Waals surface area contributed by atoms with E-state index >= 15 is 0 Å². The molecule has 2 aromatic heterocycles. The Morgan fingerprint density at radius 3 is 2.43 bits per heavy atom. The molecular weight excluding hydrogens is 573 g/mol. The summed E-state index contributed by atoms with van der Waals surface area (Å²) in [6.07, 6.45) is -2.99. The highest BCUT2D eigenvalue weighted by atomic mass is 28.3. The number of nitriles is 1. The fourth-order valence-electron chi connectivity index (χ4n) is 4.12. The minimum absolute atomic E-state index is 0.0905. The summed E-state index contributed by atoms with van der Waals surface area (Å²) in [5.41, 5.74) is -2.32. The van der Waals surface area contributed by atoms with Gasteiger partial charge < -0.3 is 24.0 Å². The Balaban J connectivity index is 1.44. The maximum absolute atomic E-state index is 13.7. The van der Waals surface area contributed by atoms with E-state index in [-0.39, 0.29) is 32.3 Å². The van der Waals surface area contributed by atoms with E-state index in [0.717, 1.165) is 18.1 Å². The number of pyridine rings is 1. The van der Waals surface area contributed by atoms with Crippen LogP contribution in [-0.2, 0) is 27.2 Å². The van der Waals surface area contributed by atoms with Gasteiger partial charge in [-0.25, -0.2) is 9.67 Å². The fraction of sp³-hybridized carbons (Fsp3) is 0.593. The van der Waals surface area contributed by atoms with E-state index in [1.165, 1.54) is 6.20 Å². The van der Waals surface area contributed by atoms with Crippen molar-refractivity contribution >= 4 is 19.8 Å². The molecular formula is C27H37F3N6O5Si. The third-order valence-corrected chi connectivity index (χ3v) is 8.25. The first kappa shape index (κ1) is 33.0. The lowest BCUT2D eigenvalue weighted by molar-refractivity contribution is -0.141.